The lowest BCUT2D eigenvalue weighted by Crippen LogP contribution is -2.27. The number of para-hydroxylation sites is 2. The van der Waals surface area contributed by atoms with Crippen molar-refractivity contribution in [3.8, 4) is 5.75 Å². The highest BCUT2D eigenvalue weighted by Gasteiger charge is 2.17. The highest BCUT2D eigenvalue weighted by Crippen LogP contribution is 2.24. The van der Waals surface area contributed by atoms with Crippen molar-refractivity contribution >= 4 is 17.7 Å². The molecule has 0 aromatic heterocycles. The summed E-state index contributed by atoms with van der Waals surface area (Å²) in [5.74, 6) is 0.341. The van der Waals surface area contributed by atoms with E-state index in [1.54, 1.807) is 39.0 Å². The molecule has 6 heteroatoms. The number of benzene rings is 1. The Morgan fingerprint density at radius 1 is 1.13 bits per heavy atom. The maximum Gasteiger partial charge on any atom is 0.412 e. The lowest BCUT2D eigenvalue weighted by Gasteiger charge is -2.20. The average Bonchev–Trinajstić information content (AvgIpc) is 2.46. The number of ether oxygens (including phenoxy) is 3. The van der Waals surface area contributed by atoms with Gasteiger partial charge in [-0.15, -0.1) is 0 Å². The summed E-state index contributed by atoms with van der Waals surface area (Å²) in [6.45, 7) is 5.85. The normalized spacial score (nSPS) is 10.8. The summed E-state index contributed by atoms with van der Waals surface area (Å²) < 4.78 is 15.5. The topological polar surface area (TPSA) is 73.9 Å². The van der Waals surface area contributed by atoms with Gasteiger partial charge in [0.25, 0.3) is 0 Å². The summed E-state index contributed by atoms with van der Waals surface area (Å²) in [6.07, 6.45) is 1.25. The van der Waals surface area contributed by atoms with E-state index < -0.39 is 11.7 Å². The third kappa shape index (κ3) is 8.09. The summed E-state index contributed by atoms with van der Waals surface area (Å²) in [7, 11) is 1.37. The van der Waals surface area contributed by atoms with E-state index in [-0.39, 0.29) is 5.97 Å². The Morgan fingerprint density at radius 2 is 1.83 bits per heavy atom. The molecule has 23 heavy (non-hydrogen) atoms. The molecule has 0 saturated heterocycles. The molecule has 1 amide bonds. The Morgan fingerprint density at radius 3 is 2.48 bits per heavy atom. The fourth-order valence-electron chi connectivity index (χ4n) is 1.76. The minimum atomic E-state index is -0.562. The van der Waals surface area contributed by atoms with Crippen LogP contribution in [0.5, 0.6) is 5.75 Å². The first-order chi connectivity index (χ1) is 10.8. The van der Waals surface area contributed by atoms with Gasteiger partial charge in [0, 0.05) is 6.42 Å². The SMILES string of the molecule is COC(=O)CCCCOc1ccccc1NC(=O)OC(C)(C)C. The van der Waals surface area contributed by atoms with Gasteiger partial charge in [-0.25, -0.2) is 4.79 Å². The van der Waals surface area contributed by atoms with E-state index in [4.69, 9.17) is 9.47 Å². The highest BCUT2D eigenvalue weighted by atomic mass is 16.6. The van der Waals surface area contributed by atoms with Gasteiger partial charge in [-0.05, 0) is 45.7 Å². The zero-order valence-electron chi connectivity index (χ0n) is 14.2. The largest absolute Gasteiger partial charge is 0.491 e. The van der Waals surface area contributed by atoms with Gasteiger partial charge in [0.2, 0.25) is 0 Å². The quantitative estimate of drug-likeness (QED) is 0.611. The third-order valence-electron chi connectivity index (χ3n) is 2.78. The molecule has 128 valence electrons. The van der Waals surface area contributed by atoms with E-state index in [1.807, 2.05) is 6.07 Å². The molecule has 6 nitrogen and oxygen atoms in total. The Hall–Kier alpha value is -2.24. The van der Waals surface area contributed by atoms with Crippen molar-refractivity contribution < 1.29 is 23.8 Å². The van der Waals surface area contributed by atoms with Crippen LogP contribution in [-0.2, 0) is 14.3 Å². The van der Waals surface area contributed by atoms with Gasteiger partial charge in [-0.2, -0.15) is 0 Å². The van der Waals surface area contributed by atoms with Crippen molar-refractivity contribution in [1.82, 2.24) is 0 Å². The molecule has 1 aromatic carbocycles. The number of nitrogens with one attached hydrogen (secondary N) is 1. The fraction of sp³-hybridized carbons (Fsp3) is 0.529. The summed E-state index contributed by atoms with van der Waals surface area (Å²) in [6, 6.07) is 7.14. The predicted octanol–water partition coefficient (Wildman–Crippen LogP) is 3.76. The summed E-state index contributed by atoms with van der Waals surface area (Å²) in [5.41, 5.74) is -0.0111. The van der Waals surface area contributed by atoms with Crippen LogP contribution in [0.4, 0.5) is 10.5 Å². The first-order valence-corrected chi connectivity index (χ1v) is 7.60. The van der Waals surface area contributed by atoms with Gasteiger partial charge >= 0.3 is 12.1 Å². The molecule has 0 heterocycles. The monoisotopic (exact) mass is 323 g/mol. The minimum Gasteiger partial charge on any atom is -0.491 e. The van der Waals surface area contributed by atoms with Crippen molar-refractivity contribution in [2.45, 2.75) is 45.6 Å². The third-order valence-corrected chi connectivity index (χ3v) is 2.78. The predicted molar refractivity (Wildman–Crippen MR) is 87.7 cm³/mol. The maximum atomic E-state index is 11.8. The first-order valence-electron chi connectivity index (χ1n) is 7.60. The van der Waals surface area contributed by atoms with Gasteiger partial charge < -0.3 is 14.2 Å². The van der Waals surface area contributed by atoms with Crippen LogP contribution < -0.4 is 10.1 Å². The van der Waals surface area contributed by atoms with E-state index in [1.165, 1.54) is 7.11 Å². The fourth-order valence-corrected chi connectivity index (χ4v) is 1.76. The van der Waals surface area contributed by atoms with Crippen LogP contribution in [0.2, 0.25) is 0 Å². The van der Waals surface area contributed by atoms with E-state index in [0.717, 1.165) is 6.42 Å². The first kappa shape index (κ1) is 18.8. The molecular weight excluding hydrogens is 298 g/mol. The maximum absolute atomic E-state index is 11.8. The summed E-state index contributed by atoms with van der Waals surface area (Å²) >= 11 is 0. The van der Waals surface area contributed by atoms with Crippen LogP contribution in [0.25, 0.3) is 0 Å². The molecule has 0 bridgehead atoms. The summed E-state index contributed by atoms with van der Waals surface area (Å²) in [5, 5.41) is 2.68. The standard InChI is InChI=1S/C17H25NO5/c1-17(2,3)23-16(20)18-13-9-5-6-10-14(13)22-12-8-7-11-15(19)21-4/h5-6,9-10H,7-8,11-12H2,1-4H3,(H,18,20). The number of unbranched alkanes of at least 4 members (excludes halogenated alkanes) is 1. The van der Waals surface area contributed by atoms with Gasteiger partial charge in [0.1, 0.15) is 11.4 Å². The molecule has 1 N–H and O–H groups in total. The molecule has 0 spiro atoms. The van der Waals surface area contributed by atoms with Gasteiger partial charge in [0.15, 0.2) is 0 Å². The number of carbonyl (C=O) groups is 2. The lowest BCUT2D eigenvalue weighted by molar-refractivity contribution is -0.140. The van der Waals surface area contributed by atoms with Crippen molar-refractivity contribution in [3.63, 3.8) is 0 Å². The van der Waals surface area contributed by atoms with Crippen LogP contribution in [-0.4, -0.2) is 31.4 Å². The molecule has 0 radical (unpaired) electrons. The van der Waals surface area contributed by atoms with Crippen molar-refractivity contribution in [3.05, 3.63) is 24.3 Å². The zero-order valence-corrected chi connectivity index (χ0v) is 14.2. The number of hydrogen-bond donors (Lipinski definition) is 1. The minimum absolute atomic E-state index is 0.225. The number of anilines is 1. The molecule has 1 rings (SSSR count). The highest BCUT2D eigenvalue weighted by molar-refractivity contribution is 5.86. The smallest absolute Gasteiger partial charge is 0.412 e. The van der Waals surface area contributed by atoms with E-state index in [9.17, 15) is 9.59 Å². The lowest BCUT2D eigenvalue weighted by atomic mass is 10.2. The van der Waals surface area contributed by atoms with E-state index in [2.05, 4.69) is 10.1 Å². The van der Waals surface area contributed by atoms with Crippen LogP contribution in [0.3, 0.4) is 0 Å². The van der Waals surface area contributed by atoms with Crippen LogP contribution in [0.15, 0.2) is 24.3 Å². The number of rotatable bonds is 7. The molecule has 0 aliphatic heterocycles. The molecule has 0 fully saturated rings. The van der Waals surface area contributed by atoms with Gasteiger partial charge in [-0.1, -0.05) is 12.1 Å². The van der Waals surface area contributed by atoms with E-state index in [0.29, 0.717) is 30.9 Å². The Balaban J connectivity index is 2.47. The molecule has 0 aliphatic carbocycles. The Kier molecular flexibility index (Phi) is 7.38. The average molecular weight is 323 g/mol. The number of esters is 1. The van der Waals surface area contributed by atoms with Crippen LogP contribution in [0, 0.1) is 0 Å². The molecule has 0 aliphatic rings. The number of methoxy groups -OCH3 is 1. The second kappa shape index (κ2) is 9.02. The van der Waals surface area contributed by atoms with Gasteiger partial charge in [0.05, 0.1) is 19.4 Å². The molecule has 0 saturated carbocycles. The van der Waals surface area contributed by atoms with Crippen molar-refractivity contribution in [2.24, 2.45) is 0 Å². The number of amides is 1. The molecule has 1 aromatic rings. The number of hydrogen-bond acceptors (Lipinski definition) is 5. The van der Waals surface area contributed by atoms with Crippen molar-refractivity contribution in [1.29, 1.82) is 0 Å². The Labute approximate surface area is 137 Å². The van der Waals surface area contributed by atoms with Crippen LogP contribution >= 0.6 is 0 Å². The number of carbonyl (C=O) groups excluding carboxylic acids is 2. The Bertz CT molecular complexity index is 522. The van der Waals surface area contributed by atoms with Crippen molar-refractivity contribution in [2.75, 3.05) is 19.0 Å². The second-order valence-electron chi connectivity index (χ2n) is 6.00. The second-order valence-corrected chi connectivity index (χ2v) is 6.00. The molecule has 0 atom stereocenters. The summed E-state index contributed by atoms with van der Waals surface area (Å²) in [4.78, 5) is 22.8. The van der Waals surface area contributed by atoms with E-state index >= 15 is 0 Å². The zero-order chi connectivity index (χ0) is 17.3. The van der Waals surface area contributed by atoms with Crippen LogP contribution in [0.1, 0.15) is 40.0 Å². The van der Waals surface area contributed by atoms with Gasteiger partial charge in [-0.3, -0.25) is 10.1 Å². The molecular formula is C17H25NO5. The molecule has 0 unspecified atom stereocenters.